The van der Waals surface area contributed by atoms with Crippen LogP contribution in [0.2, 0.25) is 10.0 Å². The number of amides is 1. The first-order valence-corrected chi connectivity index (χ1v) is 11.1. The van der Waals surface area contributed by atoms with Crippen LogP contribution in [0.25, 0.3) is 0 Å². The molecule has 0 spiro atoms. The standard InChI is InChI=1S/C21H22Cl2N2O3S/c1-28-21(27)17(9-12-4-3-5-14(8-12)29-2)25-20(26)18-16(22)10-13-11-24-7-6-15(13)19(18)23/h3-5,8,10,17,24H,6-7,9,11H2,1-2H3,(H,25,26). The first kappa shape index (κ1) is 22.0. The van der Waals surface area contributed by atoms with Gasteiger partial charge in [0, 0.05) is 17.9 Å². The second kappa shape index (κ2) is 9.85. The van der Waals surface area contributed by atoms with Gasteiger partial charge in [0.15, 0.2) is 0 Å². The first-order chi connectivity index (χ1) is 13.9. The zero-order valence-electron chi connectivity index (χ0n) is 16.2. The molecule has 1 aliphatic rings. The summed E-state index contributed by atoms with van der Waals surface area (Å²) in [6.07, 6.45) is 3.00. The highest BCUT2D eigenvalue weighted by atomic mass is 35.5. The molecule has 0 saturated carbocycles. The van der Waals surface area contributed by atoms with Crippen LogP contribution in [0.15, 0.2) is 35.2 Å². The highest BCUT2D eigenvalue weighted by Crippen LogP contribution is 2.33. The Balaban J connectivity index is 1.86. The molecule has 154 valence electrons. The van der Waals surface area contributed by atoms with Crippen LogP contribution in [-0.4, -0.2) is 37.8 Å². The molecule has 0 fully saturated rings. The van der Waals surface area contributed by atoms with Gasteiger partial charge in [-0.25, -0.2) is 4.79 Å². The number of ether oxygens (including phenoxy) is 1. The van der Waals surface area contributed by atoms with Crippen LogP contribution in [0.1, 0.15) is 27.0 Å². The molecule has 0 aromatic heterocycles. The van der Waals surface area contributed by atoms with Gasteiger partial charge in [-0.2, -0.15) is 0 Å². The topological polar surface area (TPSA) is 67.4 Å². The molecular formula is C21H22Cl2N2O3S. The van der Waals surface area contributed by atoms with Crippen molar-refractivity contribution >= 4 is 46.8 Å². The Kier molecular flexibility index (Phi) is 7.46. The van der Waals surface area contributed by atoms with Crippen LogP contribution in [-0.2, 0) is 28.9 Å². The molecule has 2 aromatic rings. The van der Waals surface area contributed by atoms with E-state index < -0.39 is 17.9 Å². The second-order valence-corrected chi connectivity index (χ2v) is 8.38. The number of nitrogens with one attached hydrogen (secondary N) is 2. The van der Waals surface area contributed by atoms with Crippen LogP contribution >= 0.6 is 35.0 Å². The zero-order chi connectivity index (χ0) is 21.0. The predicted molar refractivity (Wildman–Crippen MR) is 117 cm³/mol. The molecule has 5 nitrogen and oxygen atoms in total. The third-order valence-corrected chi connectivity index (χ3v) is 6.31. The number of hydrogen-bond donors (Lipinski definition) is 2. The Bertz CT molecular complexity index is 936. The SMILES string of the molecule is COC(=O)C(Cc1cccc(SC)c1)NC(=O)c1c(Cl)cc2c(c1Cl)CCNC2. The highest BCUT2D eigenvalue weighted by Gasteiger charge is 2.27. The van der Waals surface area contributed by atoms with Crippen molar-refractivity contribution in [3.8, 4) is 0 Å². The highest BCUT2D eigenvalue weighted by molar-refractivity contribution is 7.98. The number of benzene rings is 2. The van der Waals surface area contributed by atoms with Crippen molar-refractivity contribution in [1.29, 1.82) is 0 Å². The van der Waals surface area contributed by atoms with Gasteiger partial charge in [0.05, 0.1) is 22.7 Å². The van der Waals surface area contributed by atoms with Gasteiger partial charge < -0.3 is 15.4 Å². The lowest BCUT2D eigenvalue weighted by molar-refractivity contribution is -0.142. The van der Waals surface area contributed by atoms with Gasteiger partial charge in [-0.05, 0) is 54.1 Å². The van der Waals surface area contributed by atoms with Gasteiger partial charge in [0.2, 0.25) is 0 Å². The Morgan fingerprint density at radius 3 is 2.83 bits per heavy atom. The molecule has 0 saturated heterocycles. The summed E-state index contributed by atoms with van der Waals surface area (Å²) in [5, 5.41) is 6.62. The lowest BCUT2D eigenvalue weighted by atomic mass is 9.97. The Labute approximate surface area is 184 Å². The average Bonchev–Trinajstić information content (AvgIpc) is 2.72. The average molecular weight is 453 g/mol. The number of carbonyl (C=O) groups excluding carboxylic acids is 2. The van der Waals surface area contributed by atoms with Gasteiger partial charge in [0.25, 0.3) is 5.91 Å². The Hall–Kier alpha value is -1.73. The van der Waals surface area contributed by atoms with Gasteiger partial charge >= 0.3 is 5.97 Å². The monoisotopic (exact) mass is 452 g/mol. The molecule has 1 unspecified atom stereocenters. The van der Waals surface area contributed by atoms with Gasteiger partial charge in [0.1, 0.15) is 6.04 Å². The van der Waals surface area contributed by atoms with Crippen molar-refractivity contribution in [2.45, 2.75) is 30.3 Å². The summed E-state index contributed by atoms with van der Waals surface area (Å²) in [5.41, 5.74) is 3.02. The largest absolute Gasteiger partial charge is 0.467 e. The van der Waals surface area contributed by atoms with Crippen molar-refractivity contribution in [3.05, 3.63) is 62.6 Å². The molecule has 1 atom stereocenters. The number of methoxy groups -OCH3 is 1. The van der Waals surface area contributed by atoms with E-state index in [0.29, 0.717) is 24.4 Å². The minimum Gasteiger partial charge on any atom is -0.467 e. The van der Waals surface area contributed by atoms with E-state index in [2.05, 4.69) is 10.6 Å². The summed E-state index contributed by atoms with van der Waals surface area (Å²) in [6, 6.07) is 8.71. The summed E-state index contributed by atoms with van der Waals surface area (Å²) >= 11 is 14.5. The number of carbonyl (C=O) groups is 2. The summed E-state index contributed by atoms with van der Waals surface area (Å²) in [4.78, 5) is 26.4. The van der Waals surface area contributed by atoms with Gasteiger partial charge in [-0.1, -0.05) is 35.3 Å². The van der Waals surface area contributed by atoms with E-state index in [0.717, 1.165) is 28.1 Å². The fourth-order valence-electron chi connectivity index (χ4n) is 3.38. The summed E-state index contributed by atoms with van der Waals surface area (Å²) < 4.78 is 4.90. The number of rotatable bonds is 6. The molecule has 2 aromatic carbocycles. The Morgan fingerprint density at radius 2 is 2.10 bits per heavy atom. The normalized spacial score (nSPS) is 14.1. The molecule has 1 aliphatic heterocycles. The summed E-state index contributed by atoms with van der Waals surface area (Å²) in [5.74, 6) is -1.01. The summed E-state index contributed by atoms with van der Waals surface area (Å²) in [6.45, 7) is 1.44. The smallest absolute Gasteiger partial charge is 0.328 e. The number of thioether (sulfide) groups is 1. The van der Waals surface area contributed by atoms with E-state index in [1.807, 2.05) is 30.5 Å². The second-order valence-electron chi connectivity index (χ2n) is 6.72. The number of fused-ring (bicyclic) bond motifs is 1. The molecule has 0 radical (unpaired) electrons. The maximum absolute atomic E-state index is 13.0. The minimum absolute atomic E-state index is 0.195. The van der Waals surface area contributed by atoms with Crippen LogP contribution in [0.3, 0.4) is 0 Å². The fraction of sp³-hybridized carbons (Fsp3) is 0.333. The van der Waals surface area contributed by atoms with E-state index in [1.54, 1.807) is 17.8 Å². The van der Waals surface area contributed by atoms with E-state index in [-0.39, 0.29) is 10.6 Å². The zero-order valence-corrected chi connectivity index (χ0v) is 18.5. The van der Waals surface area contributed by atoms with E-state index in [4.69, 9.17) is 27.9 Å². The Morgan fingerprint density at radius 1 is 1.31 bits per heavy atom. The van der Waals surface area contributed by atoms with Gasteiger partial charge in [-0.15, -0.1) is 11.8 Å². The molecule has 1 amide bonds. The third kappa shape index (κ3) is 5.07. The number of halogens is 2. The van der Waals surface area contributed by atoms with Crippen molar-refractivity contribution in [2.75, 3.05) is 19.9 Å². The molecule has 3 rings (SSSR count). The molecule has 2 N–H and O–H groups in total. The van der Waals surface area contributed by atoms with E-state index in [1.165, 1.54) is 7.11 Å². The first-order valence-electron chi connectivity index (χ1n) is 9.16. The minimum atomic E-state index is -0.852. The maximum atomic E-state index is 13.0. The van der Waals surface area contributed by atoms with Crippen molar-refractivity contribution in [1.82, 2.24) is 10.6 Å². The van der Waals surface area contributed by atoms with Crippen molar-refractivity contribution < 1.29 is 14.3 Å². The molecule has 1 heterocycles. The molecular weight excluding hydrogens is 431 g/mol. The quantitative estimate of drug-likeness (QED) is 0.514. The number of esters is 1. The van der Waals surface area contributed by atoms with Crippen LogP contribution in [0.4, 0.5) is 0 Å². The van der Waals surface area contributed by atoms with E-state index in [9.17, 15) is 9.59 Å². The van der Waals surface area contributed by atoms with Crippen molar-refractivity contribution in [3.63, 3.8) is 0 Å². The van der Waals surface area contributed by atoms with E-state index >= 15 is 0 Å². The number of hydrogen-bond acceptors (Lipinski definition) is 5. The van der Waals surface area contributed by atoms with Crippen LogP contribution in [0.5, 0.6) is 0 Å². The molecule has 0 aliphatic carbocycles. The third-order valence-electron chi connectivity index (χ3n) is 4.87. The lowest BCUT2D eigenvalue weighted by Gasteiger charge is -2.22. The fourth-order valence-corrected chi connectivity index (χ4v) is 4.63. The van der Waals surface area contributed by atoms with Crippen molar-refractivity contribution in [2.24, 2.45) is 0 Å². The van der Waals surface area contributed by atoms with Gasteiger partial charge in [-0.3, -0.25) is 4.79 Å². The summed E-state index contributed by atoms with van der Waals surface area (Å²) in [7, 11) is 1.30. The molecule has 29 heavy (non-hydrogen) atoms. The lowest BCUT2D eigenvalue weighted by Crippen LogP contribution is -2.43. The molecule has 0 bridgehead atoms. The van der Waals surface area contributed by atoms with Crippen LogP contribution in [0, 0.1) is 0 Å². The molecule has 8 heteroatoms. The maximum Gasteiger partial charge on any atom is 0.328 e. The predicted octanol–water partition coefficient (Wildman–Crippen LogP) is 3.88. The van der Waals surface area contributed by atoms with Crippen LogP contribution < -0.4 is 10.6 Å².